The Morgan fingerprint density at radius 1 is 1.58 bits per heavy atom. The highest BCUT2D eigenvalue weighted by molar-refractivity contribution is 9.10. The number of hydrogen-bond acceptors (Lipinski definition) is 3. The van der Waals surface area contributed by atoms with Crippen molar-refractivity contribution in [3.05, 3.63) is 22.6 Å². The van der Waals surface area contributed by atoms with E-state index in [1.54, 1.807) is 0 Å². The normalized spacial score (nSPS) is 19.5. The summed E-state index contributed by atoms with van der Waals surface area (Å²) in [6, 6.07) is 4.03. The highest BCUT2D eigenvalue weighted by Crippen LogP contribution is 2.41. The van der Waals surface area contributed by atoms with Gasteiger partial charge >= 0.3 is 0 Å². The molecule has 0 bridgehead atoms. The van der Waals surface area contributed by atoms with E-state index < -0.39 is 0 Å². The Morgan fingerprint density at radius 3 is 2.75 bits per heavy atom. The lowest BCUT2D eigenvalue weighted by atomic mass is 10.1. The van der Waals surface area contributed by atoms with Crippen LogP contribution in [0.3, 0.4) is 0 Å². The molecule has 1 aliphatic carbocycles. The summed E-state index contributed by atoms with van der Waals surface area (Å²) < 4.78 is 6.17. The average molecular weight is 231 g/mol. The lowest BCUT2D eigenvalue weighted by Crippen LogP contribution is -2.29. The van der Waals surface area contributed by atoms with Gasteiger partial charge in [0.25, 0.3) is 0 Å². The van der Waals surface area contributed by atoms with Gasteiger partial charge in [-0.2, -0.15) is 0 Å². The maximum Gasteiger partial charge on any atom is 0.169 e. The summed E-state index contributed by atoms with van der Waals surface area (Å²) in [7, 11) is 0. The Labute approximate surface area is 79.4 Å². The fourth-order valence-corrected chi connectivity index (χ4v) is 1.69. The third-order valence-electron chi connectivity index (χ3n) is 2.17. The highest BCUT2D eigenvalue weighted by atomic mass is 79.9. The molecule has 1 fully saturated rings. The van der Waals surface area contributed by atoms with E-state index in [1.165, 1.54) is 12.8 Å². The SMILES string of the molecule is NNC(c1ccc(Br)o1)C1CC1. The molecule has 3 nitrogen and oxygen atoms in total. The van der Waals surface area contributed by atoms with Crippen LogP contribution < -0.4 is 11.3 Å². The molecular weight excluding hydrogens is 220 g/mol. The van der Waals surface area contributed by atoms with Crippen molar-refractivity contribution >= 4 is 15.9 Å². The standard InChI is InChI=1S/C8H11BrN2O/c9-7-4-3-6(12-7)8(11-10)5-1-2-5/h3-5,8,11H,1-2,10H2. The van der Waals surface area contributed by atoms with E-state index in [0.29, 0.717) is 5.92 Å². The Kier molecular flexibility index (Phi) is 2.21. The van der Waals surface area contributed by atoms with Gasteiger partial charge in [0.15, 0.2) is 4.67 Å². The van der Waals surface area contributed by atoms with Crippen molar-refractivity contribution in [1.29, 1.82) is 0 Å². The largest absolute Gasteiger partial charge is 0.453 e. The molecule has 66 valence electrons. The van der Waals surface area contributed by atoms with Crippen molar-refractivity contribution in [3.63, 3.8) is 0 Å². The van der Waals surface area contributed by atoms with Gasteiger partial charge in [-0.3, -0.25) is 5.84 Å². The number of hydrogen-bond donors (Lipinski definition) is 2. The predicted octanol–water partition coefficient (Wildman–Crippen LogP) is 1.96. The molecular formula is C8H11BrN2O. The average Bonchev–Trinajstić information content (AvgIpc) is 2.78. The van der Waals surface area contributed by atoms with Crippen LogP contribution in [-0.2, 0) is 0 Å². The Balaban J connectivity index is 2.15. The molecule has 1 unspecified atom stereocenters. The van der Waals surface area contributed by atoms with Crippen molar-refractivity contribution in [2.24, 2.45) is 11.8 Å². The molecule has 0 aliphatic heterocycles. The Bertz CT molecular complexity index is 270. The summed E-state index contributed by atoms with van der Waals surface area (Å²) >= 11 is 3.26. The first-order valence-electron chi connectivity index (χ1n) is 4.02. The van der Waals surface area contributed by atoms with Gasteiger partial charge in [-0.25, -0.2) is 5.43 Å². The van der Waals surface area contributed by atoms with E-state index in [0.717, 1.165) is 10.4 Å². The van der Waals surface area contributed by atoms with Crippen LogP contribution in [0.4, 0.5) is 0 Å². The molecule has 3 N–H and O–H groups in total. The van der Waals surface area contributed by atoms with Crippen LogP contribution in [0.1, 0.15) is 24.6 Å². The van der Waals surface area contributed by atoms with Gasteiger partial charge < -0.3 is 4.42 Å². The van der Waals surface area contributed by atoms with Crippen LogP contribution >= 0.6 is 15.9 Å². The van der Waals surface area contributed by atoms with Crippen LogP contribution in [0.15, 0.2) is 21.2 Å². The summed E-state index contributed by atoms with van der Waals surface area (Å²) in [4.78, 5) is 0. The van der Waals surface area contributed by atoms with E-state index in [1.807, 2.05) is 12.1 Å². The van der Waals surface area contributed by atoms with E-state index in [-0.39, 0.29) is 6.04 Å². The number of nitrogens with one attached hydrogen (secondary N) is 1. The topological polar surface area (TPSA) is 51.2 Å². The molecule has 1 saturated carbocycles. The fraction of sp³-hybridized carbons (Fsp3) is 0.500. The van der Waals surface area contributed by atoms with Gasteiger partial charge in [-0.15, -0.1) is 0 Å². The minimum atomic E-state index is 0.191. The second-order valence-electron chi connectivity index (χ2n) is 3.12. The second kappa shape index (κ2) is 3.20. The first kappa shape index (κ1) is 8.29. The van der Waals surface area contributed by atoms with E-state index in [4.69, 9.17) is 10.3 Å². The van der Waals surface area contributed by atoms with Crippen molar-refractivity contribution in [2.45, 2.75) is 18.9 Å². The molecule has 0 spiro atoms. The summed E-state index contributed by atoms with van der Waals surface area (Å²) in [6.07, 6.45) is 2.49. The van der Waals surface area contributed by atoms with Gasteiger partial charge in [0.05, 0.1) is 6.04 Å². The number of nitrogens with two attached hydrogens (primary N) is 1. The Hall–Kier alpha value is -0.320. The molecule has 1 heterocycles. The van der Waals surface area contributed by atoms with E-state index in [9.17, 15) is 0 Å². The second-order valence-corrected chi connectivity index (χ2v) is 3.91. The summed E-state index contributed by atoms with van der Waals surface area (Å²) in [5, 5.41) is 0. The van der Waals surface area contributed by atoms with Crippen molar-refractivity contribution in [3.8, 4) is 0 Å². The van der Waals surface area contributed by atoms with Crippen LogP contribution in [0.2, 0.25) is 0 Å². The molecule has 0 saturated heterocycles. The molecule has 1 atom stereocenters. The molecule has 0 amide bonds. The maximum atomic E-state index is 5.43. The predicted molar refractivity (Wildman–Crippen MR) is 49.2 cm³/mol. The summed E-state index contributed by atoms with van der Waals surface area (Å²) in [5.74, 6) is 7.01. The van der Waals surface area contributed by atoms with Crippen LogP contribution in [0.25, 0.3) is 0 Å². The van der Waals surface area contributed by atoms with Crippen molar-refractivity contribution in [1.82, 2.24) is 5.43 Å². The number of halogens is 1. The fourth-order valence-electron chi connectivity index (χ4n) is 1.38. The maximum absolute atomic E-state index is 5.43. The molecule has 2 rings (SSSR count). The molecule has 1 aromatic heterocycles. The smallest absolute Gasteiger partial charge is 0.169 e. The molecule has 0 aromatic carbocycles. The third kappa shape index (κ3) is 1.55. The number of rotatable bonds is 3. The van der Waals surface area contributed by atoms with Crippen molar-refractivity contribution in [2.75, 3.05) is 0 Å². The zero-order chi connectivity index (χ0) is 8.55. The monoisotopic (exact) mass is 230 g/mol. The van der Waals surface area contributed by atoms with Crippen molar-refractivity contribution < 1.29 is 4.42 Å². The van der Waals surface area contributed by atoms with Gasteiger partial charge in [-0.05, 0) is 46.8 Å². The van der Waals surface area contributed by atoms with Gasteiger partial charge in [-0.1, -0.05) is 0 Å². The van der Waals surface area contributed by atoms with Crippen LogP contribution in [0, 0.1) is 5.92 Å². The quantitative estimate of drug-likeness (QED) is 0.617. The van der Waals surface area contributed by atoms with Gasteiger partial charge in [0.2, 0.25) is 0 Å². The molecule has 4 heteroatoms. The zero-order valence-electron chi connectivity index (χ0n) is 6.59. The highest BCUT2D eigenvalue weighted by Gasteiger charge is 2.33. The molecule has 1 aliphatic rings. The summed E-state index contributed by atoms with van der Waals surface area (Å²) in [5.41, 5.74) is 2.78. The molecule has 0 radical (unpaired) electrons. The van der Waals surface area contributed by atoms with Crippen LogP contribution in [0.5, 0.6) is 0 Å². The van der Waals surface area contributed by atoms with E-state index >= 15 is 0 Å². The number of furan rings is 1. The summed E-state index contributed by atoms with van der Waals surface area (Å²) in [6.45, 7) is 0. The zero-order valence-corrected chi connectivity index (χ0v) is 8.17. The molecule has 12 heavy (non-hydrogen) atoms. The first-order chi connectivity index (χ1) is 5.81. The lowest BCUT2D eigenvalue weighted by molar-refractivity contribution is 0.379. The molecule has 1 aromatic rings. The Morgan fingerprint density at radius 2 is 2.33 bits per heavy atom. The first-order valence-corrected chi connectivity index (χ1v) is 4.82. The van der Waals surface area contributed by atoms with Gasteiger partial charge in [0.1, 0.15) is 5.76 Å². The third-order valence-corrected chi connectivity index (χ3v) is 2.60. The van der Waals surface area contributed by atoms with Crippen LogP contribution in [-0.4, -0.2) is 0 Å². The lowest BCUT2D eigenvalue weighted by Gasteiger charge is -2.10. The van der Waals surface area contributed by atoms with Gasteiger partial charge in [0, 0.05) is 0 Å². The van der Waals surface area contributed by atoms with E-state index in [2.05, 4.69) is 21.4 Å². The minimum absolute atomic E-state index is 0.191. The number of hydrazine groups is 1. The minimum Gasteiger partial charge on any atom is -0.453 e.